The average molecular weight is 231 g/mol. The number of aromatic nitrogens is 1. The van der Waals surface area contributed by atoms with Gasteiger partial charge in [0.05, 0.1) is 19.7 Å². The lowest BCUT2D eigenvalue weighted by atomic mass is 10.0. The number of pyridine rings is 1. The van der Waals surface area contributed by atoms with E-state index in [0.717, 1.165) is 34.4 Å². The van der Waals surface area contributed by atoms with Crippen molar-refractivity contribution in [3.63, 3.8) is 0 Å². The number of aryl methyl sites for hydroxylation is 2. The molecule has 0 spiro atoms. The molecule has 1 aromatic heterocycles. The summed E-state index contributed by atoms with van der Waals surface area (Å²) in [7, 11) is 3.30. The van der Waals surface area contributed by atoms with Gasteiger partial charge in [-0.05, 0) is 25.0 Å². The SMILES string of the molecule is CCc1cnc2cc(OC)c(OC)c(C)c2c1. The van der Waals surface area contributed by atoms with Gasteiger partial charge in [-0.25, -0.2) is 0 Å². The highest BCUT2D eigenvalue weighted by atomic mass is 16.5. The van der Waals surface area contributed by atoms with Crippen molar-refractivity contribution in [2.75, 3.05) is 14.2 Å². The van der Waals surface area contributed by atoms with Gasteiger partial charge < -0.3 is 9.47 Å². The zero-order valence-electron chi connectivity index (χ0n) is 10.7. The first-order chi connectivity index (χ1) is 8.21. The highest BCUT2D eigenvalue weighted by Gasteiger charge is 2.12. The van der Waals surface area contributed by atoms with Crippen molar-refractivity contribution in [2.45, 2.75) is 20.3 Å². The van der Waals surface area contributed by atoms with Crippen LogP contribution in [0, 0.1) is 6.92 Å². The minimum absolute atomic E-state index is 0.731. The fourth-order valence-corrected chi connectivity index (χ4v) is 2.03. The molecule has 17 heavy (non-hydrogen) atoms. The molecule has 0 aliphatic heterocycles. The molecule has 0 aliphatic rings. The number of rotatable bonds is 3. The lowest BCUT2D eigenvalue weighted by Gasteiger charge is -2.13. The topological polar surface area (TPSA) is 31.4 Å². The van der Waals surface area contributed by atoms with Crippen LogP contribution in [0.15, 0.2) is 18.3 Å². The van der Waals surface area contributed by atoms with Crippen molar-refractivity contribution in [3.8, 4) is 11.5 Å². The molecule has 0 saturated carbocycles. The molecule has 0 unspecified atom stereocenters. The van der Waals surface area contributed by atoms with Crippen LogP contribution in [0.4, 0.5) is 0 Å². The number of benzene rings is 1. The molecule has 0 aliphatic carbocycles. The van der Waals surface area contributed by atoms with Crippen LogP contribution < -0.4 is 9.47 Å². The van der Waals surface area contributed by atoms with Gasteiger partial charge in [0.25, 0.3) is 0 Å². The number of hydrogen-bond acceptors (Lipinski definition) is 3. The van der Waals surface area contributed by atoms with Crippen molar-refractivity contribution < 1.29 is 9.47 Å². The molecule has 0 radical (unpaired) electrons. The Hall–Kier alpha value is -1.77. The molecule has 0 amide bonds. The van der Waals surface area contributed by atoms with Gasteiger partial charge in [-0.2, -0.15) is 0 Å². The third-order valence-corrected chi connectivity index (χ3v) is 3.04. The fourth-order valence-electron chi connectivity index (χ4n) is 2.03. The number of nitrogens with zero attached hydrogens (tertiary/aromatic N) is 1. The molecule has 0 fully saturated rings. The van der Waals surface area contributed by atoms with Crippen molar-refractivity contribution in [1.29, 1.82) is 0 Å². The minimum atomic E-state index is 0.731. The number of hydrogen-bond donors (Lipinski definition) is 0. The highest BCUT2D eigenvalue weighted by Crippen LogP contribution is 2.36. The van der Waals surface area contributed by atoms with E-state index in [2.05, 4.69) is 18.0 Å². The maximum absolute atomic E-state index is 5.40. The number of ether oxygens (including phenoxy) is 2. The van der Waals surface area contributed by atoms with Crippen molar-refractivity contribution in [1.82, 2.24) is 4.98 Å². The molecule has 0 N–H and O–H groups in total. The first-order valence-corrected chi connectivity index (χ1v) is 5.71. The Morgan fingerprint density at radius 2 is 1.94 bits per heavy atom. The summed E-state index contributed by atoms with van der Waals surface area (Å²) < 4.78 is 10.7. The molecule has 2 aromatic rings. The molecule has 0 atom stereocenters. The summed E-state index contributed by atoms with van der Waals surface area (Å²) in [6, 6.07) is 4.08. The second-order valence-corrected chi connectivity index (χ2v) is 4.00. The first kappa shape index (κ1) is 11.7. The van der Waals surface area contributed by atoms with E-state index in [9.17, 15) is 0 Å². The molecule has 3 nitrogen and oxygen atoms in total. The summed E-state index contributed by atoms with van der Waals surface area (Å²) in [4.78, 5) is 4.46. The Kier molecular flexibility index (Phi) is 3.18. The number of methoxy groups -OCH3 is 2. The van der Waals surface area contributed by atoms with E-state index in [0.29, 0.717) is 0 Å². The van der Waals surface area contributed by atoms with Gasteiger partial charge in [0.15, 0.2) is 11.5 Å². The van der Waals surface area contributed by atoms with Gasteiger partial charge in [0, 0.05) is 23.2 Å². The summed E-state index contributed by atoms with van der Waals surface area (Å²) in [5.41, 5.74) is 3.25. The summed E-state index contributed by atoms with van der Waals surface area (Å²) in [6.45, 7) is 4.16. The normalized spacial score (nSPS) is 10.6. The predicted molar refractivity (Wildman–Crippen MR) is 69.0 cm³/mol. The maximum atomic E-state index is 5.40. The fraction of sp³-hybridized carbons (Fsp3) is 0.357. The molecular weight excluding hydrogens is 214 g/mol. The molecular formula is C14H17NO2. The lowest BCUT2D eigenvalue weighted by molar-refractivity contribution is 0.354. The molecule has 1 heterocycles. The van der Waals surface area contributed by atoms with Gasteiger partial charge in [0.1, 0.15) is 0 Å². The molecule has 0 bridgehead atoms. The van der Waals surface area contributed by atoms with Crippen molar-refractivity contribution in [3.05, 3.63) is 29.5 Å². The average Bonchev–Trinajstić information content (AvgIpc) is 2.38. The van der Waals surface area contributed by atoms with E-state index in [1.54, 1.807) is 14.2 Å². The quantitative estimate of drug-likeness (QED) is 0.813. The Balaban J connectivity index is 2.76. The van der Waals surface area contributed by atoms with Crippen LogP contribution in [0.1, 0.15) is 18.1 Å². The Morgan fingerprint density at radius 3 is 2.53 bits per heavy atom. The van der Waals surface area contributed by atoms with Gasteiger partial charge in [-0.3, -0.25) is 4.98 Å². The summed E-state index contributed by atoms with van der Waals surface area (Å²) in [5.74, 6) is 1.52. The third-order valence-electron chi connectivity index (χ3n) is 3.04. The van der Waals surface area contributed by atoms with Crippen molar-refractivity contribution >= 4 is 10.9 Å². The highest BCUT2D eigenvalue weighted by molar-refractivity contribution is 5.87. The van der Waals surface area contributed by atoms with Crippen LogP contribution in [0.25, 0.3) is 10.9 Å². The van der Waals surface area contributed by atoms with E-state index >= 15 is 0 Å². The van der Waals surface area contributed by atoms with Crippen LogP contribution in [-0.4, -0.2) is 19.2 Å². The summed E-state index contributed by atoms with van der Waals surface area (Å²) in [6.07, 6.45) is 2.89. The first-order valence-electron chi connectivity index (χ1n) is 5.71. The van der Waals surface area contributed by atoms with Crippen LogP contribution in [0.2, 0.25) is 0 Å². The van der Waals surface area contributed by atoms with Gasteiger partial charge >= 0.3 is 0 Å². The van der Waals surface area contributed by atoms with E-state index < -0.39 is 0 Å². The summed E-state index contributed by atoms with van der Waals surface area (Å²) >= 11 is 0. The monoisotopic (exact) mass is 231 g/mol. The Labute approximate surface area is 101 Å². The number of fused-ring (bicyclic) bond motifs is 1. The Bertz CT molecular complexity index is 549. The molecule has 0 saturated heterocycles. The van der Waals surface area contributed by atoms with Crippen molar-refractivity contribution in [2.24, 2.45) is 0 Å². The smallest absolute Gasteiger partial charge is 0.164 e. The Morgan fingerprint density at radius 1 is 1.18 bits per heavy atom. The predicted octanol–water partition coefficient (Wildman–Crippen LogP) is 3.12. The molecule has 2 rings (SSSR count). The molecule has 1 aromatic carbocycles. The lowest BCUT2D eigenvalue weighted by Crippen LogP contribution is -1.96. The van der Waals surface area contributed by atoms with Crippen LogP contribution in [-0.2, 0) is 6.42 Å². The second kappa shape index (κ2) is 4.62. The maximum Gasteiger partial charge on any atom is 0.164 e. The van der Waals surface area contributed by atoms with Crippen LogP contribution in [0.5, 0.6) is 11.5 Å². The van der Waals surface area contributed by atoms with Gasteiger partial charge in [-0.15, -0.1) is 0 Å². The third kappa shape index (κ3) is 1.93. The van der Waals surface area contributed by atoms with E-state index in [4.69, 9.17) is 9.47 Å². The molecule has 3 heteroatoms. The molecule has 90 valence electrons. The van der Waals surface area contributed by atoms with E-state index in [1.807, 2.05) is 19.2 Å². The zero-order valence-corrected chi connectivity index (χ0v) is 10.7. The van der Waals surface area contributed by atoms with Crippen LogP contribution >= 0.6 is 0 Å². The van der Waals surface area contributed by atoms with Crippen LogP contribution in [0.3, 0.4) is 0 Å². The van der Waals surface area contributed by atoms with E-state index in [1.165, 1.54) is 5.56 Å². The minimum Gasteiger partial charge on any atom is -0.493 e. The van der Waals surface area contributed by atoms with E-state index in [-0.39, 0.29) is 0 Å². The zero-order chi connectivity index (χ0) is 12.4. The standard InChI is InChI=1S/C14H17NO2/c1-5-10-6-11-9(2)14(17-4)13(16-3)7-12(11)15-8-10/h6-8H,5H2,1-4H3. The largest absolute Gasteiger partial charge is 0.493 e. The summed E-state index contributed by atoms with van der Waals surface area (Å²) in [5, 5.41) is 1.13. The van der Waals surface area contributed by atoms with Gasteiger partial charge in [-0.1, -0.05) is 6.92 Å². The second-order valence-electron chi connectivity index (χ2n) is 4.00. The van der Waals surface area contributed by atoms with Gasteiger partial charge in [0.2, 0.25) is 0 Å².